The highest BCUT2D eigenvalue weighted by Crippen LogP contribution is 2.43. The van der Waals surface area contributed by atoms with Crippen molar-refractivity contribution in [3.63, 3.8) is 0 Å². The number of benzene rings is 1. The number of hydrogen-bond donors (Lipinski definition) is 1. The first-order chi connectivity index (χ1) is 15.0. The van der Waals surface area contributed by atoms with Crippen molar-refractivity contribution in [3.05, 3.63) is 52.4 Å². The van der Waals surface area contributed by atoms with Crippen molar-refractivity contribution in [2.24, 2.45) is 0 Å². The highest BCUT2D eigenvalue weighted by atomic mass is 35.5. The van der Waals surface area contributed by atoms with Crippen molar-refractivity contribution in [1.82, 2.24) is 4.90 Å². The molecule has 2 aliphatic rings. The van der Waals surface area contributed by atoms with Crippen LogP contribution in [0.4, 0.5) is 0 Å². The van der Waals surface area contributed by atoms with E-state index in [0.717, 1.165) is 12.8 Å². The van der Waals surface area contributed by atoms with Crippen LogP contribution in [0.5, 0.6) is 11.5 Å². The van der Waals surface area contributed by atoms with E-state index < -0.39 is 23.5 Å². The number of ether oxygens (including phenoxy) is 3. The highest BCUT2D eigenvalue weighted by molar-refractivity contribution is 6.46. The minimum Gasteiger partial charge on any atom is -0.507 e. The molecule has 3 heterocycles. The lowest BCUT2D eigenvalue weighted by Crippen LogP contribution is -2.36. The minimum absolute atomic E-state index is 0.0996. The average Bonchev–Trinajstić information content (AvgIpc) is 3.52. The Kier molecular flexibility index (Phi) is 5.93. The molecule has 2 aliphatic heterocycles. The van der Waals surface area contributed by atoms with Crippen LogP contribution in [0.15, 0.2) is 40.5 Å². The summed E-state index contributed by atoms with van der Waals surface area (Å²) in [6, 6.07) is 5.35. The van der Waals surface area contributed by atoms with Crippen LogP contribution in [0.25, 0.3) is 5.76 Å². The molecule has 2 saturated heterocycles. The third-order valence-electron chi connectivity index (χ3n) is 5.51. The third-order valence-corrected chi connectivity index (χ3v) is 5.80. The largest absolute Gasteiger partial charge is 0.507 e. The standard InChI is InChI=1S/C22H22ClNO7/c1-28-16-10-17(29-2)14(23)9-13(16)20(25)18-19(15-6-4-8-31-15)24(22(27)21(18)26)11-12-5-3-7-30-12/h4,6,8-10,12,19,25H,3,5,7,11H2,1-2H3/b20-18-. The van der Waals surface area contributed by atoms with Crippen molar-refractivity contribution in [3.8, 4) is 11.5 Å². The molecule has 0 bridgehead atoms. The van der Waals surface area contributed by atoms with Crippen molar-refractivity contribution in [2.45, 2.75) is 25.0 Å². The maximum Gasteiger partial charge on any atom is 0.295 e. The second-order valence-corrected chi connectivity index (χ2v) is 7.70. The lowest BCUT2D eigenvalue weighted by molar-refractivity contribution is -0.141. The Bertz CT molecular complexity index is 1020. The molecule has 2 fully saturated rings. The number of methoxy groups -OCH3 is 2. The third kappa shape index (κ3) is 3.77. The first kappa shape index (κ1) is 21.3. The van der Waals surface area contributed by atoms with Crippen LogP contribution in [0, 0.1) is 0 Å². The quantitative estimate of drug-likeness (QED) is 0.410. The summed E-state index contributed by atoms with van der Waals surface area (Å²) in [4.78, 5) is 27.3. The van der Waals surface area contributed by atoms with E-state index in [0.29, 0.717) is 18.1 Å². The Labute approximate surface area is 183 Å². The van der Waals surface area contributed by atoms with E-state index >= 15 is 0 Å². The van der Waals surface area contributed by atoms with Crippen LogP contribution >= 0.6 is 11.6 Å². The van der Waals surface area contributed by atoms with E-state index in [4.69, 9.17) is 30.2 Å². The number of aliphatic hydroxyl groups is 1. The smallest absolute Gasteiger partial charge is 0.295 e. The molecular weight excluding hydrogens is 426 g/mol. The predicted molar refractivity (Wildman–Crippen MR) is 111 cm³/mol. The lowest BCUT2D eigenvalue weighted by Gasteiger charge is -2.25. The molecule has 2 aromatic rings. The zero-order valence-electron chi connectivity index (χ0n) is 17.1. The van der Waals surface area contributed by atoms with Gasteiger partial charge in [-0.25, -0.2) is 0 Å². The molecule has 9 heteroatoms. The number of carbonyl (C=O) groups excluding carboxylic acids is 2. The molecule has 2 atom stereocenters. The van der Waals surface area contributed by atoms with Crippen molar-refractivity contribution >= 4 is 29.1 Å². The summed E-state index contributed by atoms with van der Waals surface area (Å²) in [5.74, 6) is -1.00. The van der Waals surface area contributed by atoms with Crippen LogP contribution in [0.3, 0.4) is 0 Å². The van der Waals surface area contributed by atoms with Gasteiger partial charge in [-0.1, -0.05) is 11.6 Å². The zero-order chi connectivity index (χ0) is 22.1. The highest BCUT2D eigenvalue weighted by Gasteiger charge is 2.48. The number of hydrogen-bond acceptors (Lipinski definition) is 7. The number of rotatable bonds is 6. The van der Waals surface area contributed by atoms with Gasteiger partial charge in [0.15, 0.2) is 0 Å². The van der Waals surface area contributed by atoms with Gasteiger partial charge in [-0.3, -0.25) is 9.59 Å². The number of aliphatic hydroxyl groups excluding tert-OH is 1. The van der Waals surface area contributed by atoms with Crippen molar-refractivity contribution in [2.75, 3.05) is 27.4 Å². The maximum atomic E-state index is 13.0. The second-order valence-electron chi connectivity index (χ2n) is 7.29. The number of halogens is 1. The Morgan fingerprint density at radius 3 is 2.65 bits per heavy atom. The van der Waals surface area contributed by atoms with Crippen LogP contribution in [0.1, 0.15) is 30.2 Å². The van der Waals surface area contributed by atoms with Crippen LogP contribution < -0.4 is 9.47 Å². The van der Waals surface area contributed by atoms with Gasteiger partial charge in [0.2, 0.25) is 0 Å². The van der Waals surface area contributed by atoms with Crippen molar-refractivity contribution in [1.29, 1.82) is 0 Å². The van der Waals surface area contributed by atoms with E-state index in [2.05, 4.69) is 0 Å². The number of Topliss-reactive ketones (excluding diaryl/α,β-unsaturated/α-hetero) is 1. The van der Waals surface area contributed by atoms with Gasteiger partial charge in [0.05, 0.1) is 42.7 Å². The molecule has 0 spiro atoms. The summed E-state index contributed by atoms with van der Waals surface area (Å²) in [5.41, 5.74) is 0.0671. The van der Waals surface area contributed by atoms with E-state index in [9.17, 15) is 14.7 Å². The van der Waals surface area contributed by atoms with Gasteiger partial charge < -0.3 is 28.6 Å². The summed E-state index contributed by atoms with van der Waals surface area (Å²) in [6.45, 7) is 0.828. The van der Waals surface area contributed by atoms with Crippen LogP contribution in [-0.4, -0.2) is 55.2 Å². The summed E-state index contributed by atoms with van der Waals surface area (Å²) < 4.78 is 21.7. The van der Waals surface area contributed by atoms with Gasteiger partial charge in [-0.2, -0.15) is 0 Å². The normalized spacial score (nSPS) is 22.9. The predicted octanol–water partition coefficient (Wildman–Crippen LogP) is 3.55. The number of ketones is 1. The molecule has 0 saturated carbocycles. The molecule has 0 aliphatic carbocycles. The topological polar surface area (TPSA) is 98.4 Å². The fourth-order valence-corrected chi connectivity index (χ4v) is 4.25. The fourth-order valence-electron chi connectivity index (χ4n) is 4.01. The molecule has 1 aromatic carbocycles. The van der Waals surface area contributed by atoms with E-state index in [1.54, 1.807) is 12.1 Å². The SMILES string of the molecule is COc1cc(OC)c(/C(O)=C2/C(=O)C(=O)N(CC3CCCO3)C2c2ccco2)cc1Cl. The molecule has 1 aromatic heterocycles. The maximum absolute atomic E-state index is 13.0. The van der Waals surface area contributed by atoms with Gasteiger partial charge in [0, 0.05) is 19.2 Å². The molecule has 1 N–H and O–H groups in total. The summed E-state index contributed by atoms with van der Waals surface area (Å²) in [6.07, 6.45) is 2.95. The molecule has 4 rings (SSSR count). The van der Waals surface area contributed by atoms with Gasteiger partial charge in [-0.15, -0.1) is 0 Å². The van der Waals surface area contributed by atoms with E-state index in [1.807, 2.05) is 0 Å². The monoisotopic (exact) mass is 447 g/mol. The van der Waals surface area contributed by atoms with E-state index in [1.165, 1.54) is 37.5 Å². The second kappa shape index (κ2) is 8.64. The number of likely N-dealkylation sites (tertiary alicyclic amines) is 1. The summed E-state index contributed by atoms with van der Waals surface area (Å²) in [5, 5.41) is 11.4. The molecular formula is C22H22ClNO7. The Balaban J connectivity index is 1.85. The number of carbonyl (C=O) groups is 2. The number of nitrogens with zero attached hydrogens (tertiary/aromatic N) is 1. The van der Waals surface area contributed by atoms with Crippen molar-refractivity contribution < 1.29 is 33.3 Å². The summed E-state index contributed by atoms with van der Waals surface area (Å²) in [7, 11) is 2.87. The molecule has 8 nitrogen and oxygen atoms in total. The number of furan rings is 1. The van der Waals surface area contributed by atoms with Gasteiger partial charge >= 0.3 is 0 Å². The van der Waals surface area contributed by atoms with Crippen LogP contribution in [0.2, 0.25) is 5.02 Å². The van der Waals surface area contributed by atoms with Crippen LogP contribution in [-0.2, 0) is 14.3 Å². The molecule has 2 unspecified atom stereocenters. The first-order valence-corrected chi connectivity index (χ1v) is 10.2. The van der Waals surface area contributed by atoms with Gasteiger partial charge in [-0.05, 0) is 31.0 Å². The summed E-state index contributed by atoms with van der Waals surface area (Å²) >= 11 is 6.24. The van der Waals surface area contributed by atoms with Gasteiger partial charge in [0.25, 0.3) is 11.7 Å². The Morgan fingerprint density at radius 2 is 2.03 bits per heavy atom. The molecule has 164 valence electrons. The molecule has 1 amide bonds. The molecule has 31 heavy (non-hydrogen) atoms. The van der Waals surface area contributed by atoms with E-state index in [-0.39, 0.29) is 34.6 Å². The zero-order valence-corrected chi connectivity index (χ0v) is 17.8. The average molecular weight is 448 g/mol. The lowest BCUT2D eigenvalue weighted by atomic mass is 9.98. The van der Waals surface area contributed by atoms with Gasteiger partial charge in [0.1, 0.15) is 29.1 Å². The first-order valence-electron chi connectivity index (χ1n) is 9.81. The number of amides is 1. The minimum atomic E-state index is -0.898. The Morgan fingerprint density at radius 1 is 1.26 bits per heavy atom. The molecule has 0 radical (unpaired) electrons. The fraction of sp³-hybridized carbons (Fsp3) is 0.364. The Hall–Kier alpha value is -2.97.